The summed E-state index contributed by atoms with van der Waals surface area (Å²) in [6.07, 6.45) is 0. The highest BCUT2D eigenvalue weighted by atomic mass is 19.1. The van der Waals surface area contributed by atoms with Crippen molar-refractivity contribution in [1.82, 2.24) is 5.32 Å². The molecule has 0 aliphatic heterocycles. The van der Waals surface area contributed by atoms with Crippen molar-refractivity contribution in [3.05, 3.63) is 35.8 Å². The van der Waals surface area contributed by atoms with Gasteiger partial charge in [-0.1, -0.05) is 12.1 Å². The lowest BCUT2D eigenvalue weighted by Gasteiger charge is -2.21. The first-order valence-electron chi connectivity index (χ1n) is 6.15. The van der Waals surface area contributed by atoms with Crippen LogP contribution in [0.15, 0.2) is 28.7 Å². The second-order valence-corrected chi connectivity index (χ2v) is 4.71. The van der Waals surface area contributed by atoms with Crippen molar-refractivity contribution in [2.45, 2.75) is 12.5 Å². The number of hydrogen-bond acceptors (Lipinski definition) is 4. The Balaban J connectivity index is 2.15. The molecule has 1 aromatic heterocycles. The first kappa shape index (κ1) is 14.0. The van der Waals surface area contributed by atoms with Gasteiger partial charge in [0.05, 0.1) is 6.61 Å². The Morgan fingerprint density at radius 1 is 1.47 bits per heavy atom. The monoisotopic (exact) mass is 267 g/mol. The van der Waals surface area contributed by atoms with E-state index in [9.17, 15) is 9.50 Å². The van der Waals surface area contributed by atoms with E-state index in [1.54, 1.807) is 32.2 Å². The molecule has 0 fully saturated rings. The number of furan rings is 1. The zero-order valence-corrected chi connectivity index (χ0v) is 11.1. The van der Waals surface area contributed by atoms with E-state index in [1.165, 1.54) is 6.07 Å². The summed E-state index contributed by atoms with van der Waals surface area (Å²) in [6.45, 7) is 3.12. The summed E-state index contributed by atoms with van der Waals surface area (Å²) in [6, 6.07) is 6.36. The maximum atomic E-state index is 13.5. The molecule has 2 aromatic rings. The van der Waals surface area contributed by atoms with Gasteiger partial charge in [0.25, 0.3) is 0 Å². The minimum atomic E-state index is -1.20. The molecule has 2 rings (SSSR count). The predicted molar refractivity (Wildman–Crippen MR) is 70.5 cm³/mol. The SMILES string of the molecule is COCCNCC(C)(O)c1cc2cccc(F)c2o1. The molecule has 0 spiro atoms. The molecular formula is C14H18FNO3. The van der Waals surface area contributed by atoms with E-state index in [4.69, 9.17) is 9.15 Å². The fraction of sp³-hybridized carbons (Fsp3) is 0.429. The van der Waals surface area contributed by atoms with Gasteiger partial charge in [-0.2, -0.15) is 0 Å². The molecule has 104 valence electrons. The number of methoxy groups -OCH3 is 1. The standard InChI is InChI=1S/C14H18FNO3/c1-14(17,9-16-6-7-18-2)12-8-10-4-3-5-11(15)13(10)19-12/h3-5,8,16-17H,6-7,9H2,1-2H3. The van der Waals surface area contributed by atoms with E-state index in [2.05, 4.69) is 5.32 Å². The molecule has 1 heterocycles. The van der Waals surface area contributed by atoms with Crippen LogP contribution in [0, 0.1) is 5.82 Å². The van der Waals surface area contributed by atoms with Crippen LogP contribution in [-0.4, -0.2) is 31.9 Å². The largest absolute Gasteiger partial charge is 0.455 e. The molecule has 1 aromatic carbocycles. The Hall–Kier alpha value is -1.43. The van der Waals surface area contributed by atoms with E-state index < -0.39 is 11.4 Å². The third kappa shape index (κ3) is 3.12. The van der Waals surface area contributed by atoms with Crippen LogP contribution in [-0.2, 0) is 10.3 Å². The quantitative estimate of drug-likeness (QED) is 0.786. The fourth-order valence-corrected chi connectivity index (χ4v) is 1.89. The van der Waals surface area contributed by atoms with E-state index in [1.807, 2.05) is 0 Å². The smallest absolute Gasteiger partial charge is 0.170 e. The lowest BCUT2D eigenvalue weighted by atomic mass is 10.0. The van der Waals surface area contributed by atoms with Gasteiger partial charge in [-0.15, -0.1) is 0 Å². The molecular weight excluding hydrogens is 249 g/mol. The summed E-state index contributed by atoms with van der Waals surface area (Å²) >= 11 is 0. The molecule has 1 atom stereocenters. The number of hydrogen-bond donors (Lipinski definition) is 2. The molecule has 2 N–H and O–H groups in total. The average Bonchev–Trinajstić information content (AvgIpc) is 2.81. The van der Waals surface area contributed by atoms with Crippen LogP contribution < -0.4 is 5.32 Å². The molecule has 0 bridgehead atoms. The Morgan fingerprint density at radius 3 is 2.95 bits per heavy atom. The Labute approximate surface area is 111 Å². The third-order valence-corrected chi connectivity index (χ3v) is 2.98. The summed E-state index contributed by atoms with van der Waals surface area (Å²) < 4.78 is 23.9. The van der Waals surface area contributed by atoms with Crippen LogP contribution in [0.25, 0.3) is 11.0 Å². The highest BCUT2D eigenvalue weighted by Gasteiger charge is 2.27. The highest BCUT2D eigenvalue weighted by molar-refractivity contribution is 5.78. The first-order chi connectivity index (χ1) is 9.04. The summed E-state index contributed by atoms with van der Waals surface area (Å²) in [5.41, 5.74) is -1.02. The molecule has 4 nitrogen and oxygen atoms in total. The molecule has 0 saturated carbocycles. The first-order valence-corrected chi connectivity index (χ1v) is 6.15. The highest BCUT2D eigenvalue weighted by Crippen LogP contribution is 2.28. The molecule has 0 aliphatic rings. The van der Waals surface area contributed by atoms with Crippen LogP contribution >= 0.6 is 0 Å². The third-order valence-electron chi connectivity index (χ3n) is 2.98. The van der Waals surface area contributed by atoms with Crippen molar-refractivity contribution in [2.24, 2.45) is 0 Å². The maximum Gasteiger partial charge on any atom is 0.170 e. The van der Waals surface area contributed by atoms with E-state index in [-0.39, 0.29) is 5.58 Å². The average molecular weight is 267 g/mol. The predicted octanol–water partition coefficient (Wildman–Crippen LogP) is 2.02. The number of ether oxygens (including phenoxy) is 1. The Morgan fingerprint density at radius 2 is 2.26 bits per heavy atom. The minimum Gasteiger partial charge on any atom is -0.455 e. The van der Waals surface area contributed by atoms with Crippen molar-refractivity contribution in [3.63, 3.8) is 0 Å². The molecule has 5 heteroatoms. The second kappa shape index (κ2) is 5.69. The van der Waals surface area contributed by atoms with E-state index in [0.717, 1.165) is 0 Å². The normalized spacial score (nSPS) is 14.7. The van der Waals surface area contributed by atoms with Crippen molar-refractivity contribution < 1.29 is 18.7 Å². The van der Waals surface area contributed by atoms with Crippen LogP contribution in [0.2, 0.25) is 0 Å². The van der Waals surface area contributed by atoms with E-state index >= 15 is 0 Å². The Kier molecular flexibility index (Phi) is 4.19. The number of para-hydroxylation sites is 1. The number of benzene rings is 1. The van der Waals surface area contributed by atoms with Gasteiger partial charge in [0.15, 0.2) is 11.4 Å². The Bertz CT molecular complexity index is 551. The van der Waals surface area contributed by atoms with Gasteiger partial charge in [0.2, 0.25) is 0 Å². The zero-order valence-electron chi connectivity index (χ0n) is 11.1. The van der Waals surface area contributed by atoms with Gasteiger partial charge >= 0.3 is 0 Å². The van der Waals surface area contributed by atoms with Crippen molar-refractivity contribution in [2.75, 3.05) is 26.8 Å². The minimum absolute atomic E-state index is 0.176. The van der Waals surface area contributed by atoms with Gasteiger partial charge in [0.1, 0.15) is 11.4 Å². The van der Waals surface area contributed by atoms with Crippen LogP contribution in [0.1, 0.15) is 12.7 Å². The van der Waals surface area contributed by atoms with E-state index in [0.29, 0.717) is 30.8 Å². The molecule has 0 amide bonds. The molecule has 0 radical (unpaired) electrons. The second-order valence-electron chi connectivity index (χ2n) is 4.71. The molecule has 0 aliphatic carbocycles. The van der Waals surface area contributed by atoms with Gasteiger partial charge in [-0.3, -0.25) is 0 Å². The molecule has 1 unspecified atom stereocenters. The summed E-state index contributed by atoms with van der Waals surface area (Å²) in [5.74, 6) is -0.0793. The summed E-state index contributed by atoms with van der Waals surface area (Å²) in [5, 5.41) is 14.1. The lowest BCUT2D eigenvalue weighted by Crippen LogP contribution is -2.36. The van der Waals surface area contributed by atoms with Gasteiger partial charge in [0, 0.05) is 25.6 Å². The number of fused-ring (bicyclic) bond motifs is 1. The van der Waals surface area contributed by atoms with Gasteiger partial charge in [-0.25, -0.2) is 4.39 Å². The van der Waals surface area contributed by atoms with Crippen molar-refractivity contribution >= 4 is 11.0 Å². The summed E-state index contributed by atoms with van der Waals surface area (Å²) in [4.78, 5) is 0. The lowest BCUT2D eigenvalue weighted by molar-refractivity contribution is 0.0342. The molecule has 0 saturated heterocycles. The number of rotatable bonds is 6. The van der Waals surface area contributed by atoms with Gasteiger partial charge in [-0.05, 0) is 19.1 Å². The van der Waals surface area contributed by atoms with Crippen molar-refractivity contribution in [3.8, 4) is 0 Å². The maximum absolute atomic E-state index is 13.5. The van der Waals surface area contributed by atoms with Crippen LogP contribution in [0.5, 0.6) is 0 Å². The van der Waals surface area contributed by atoms with Crippen molar-refractivity contribution in [1.29, 1.82) is 0 Å². The zero-order chi connectivity index (χ0) is 13.9. The van der Waals surface area contributed by atoms with Gasteiger partial charge < -0.3 is 19.6 Å². The summed E-state index contributed by atoms with van der Waals surface area (Å²) in [7, 11) is 1.61. The number of nitrogens with one attached hydrogen (secondary N) is 1. The number of halogens is 1. The fourth-order valence-electron chi connectivity index (χ4n) is 1.89. The topological polar surface area (TPSA) is 54.6 Å². The molecule has 19 heavy (non-hydrogen) atoms. The number of aliphatic hydroxyl groups is 1. The van der Waals surface area contributed by atoms with Crippen LogP contribution in [0.3, 0.4) is 0 Å². The van der Waals surface area contributed by atoms with Crippen LogP contribution in [0.4, 0.5) is 4.39 Å².